The maximum atomic E-state index is 13.2. The summed E-state index contributed by atoms with van der Waals surface area (Å²) in [5.74, 6) is 0. The van der Waals surface area contributed by atoms with Crippen molar-refractivity contribution < 1.29 is 43.0 Å². The van der Waals surface area contributed by atoms with Crippen LogP contribution in [-0.2, 0) is 13.6 Å². The summed E-state index contributed by atoms with van der Waals surface area (Å²) in [6.45, 7) is 12.6. The smallest absolute Gasteiger partial charge is 0.333 e. The predicted octanol–water partition coefficient (Wildman–Crippen LogP) is 0.264. The summed E-state index contributed by atoms with van der Waals surface area (Å²) in [6, 6.07) is 0. The SMILES string of the molecule is CC[N+](CCO)(CCO)CCOP(=O)(OCC[N+](CC)(CCO)CCO)C(C)C. The van der Waals surface area contributed by atoms with Crippen molar-refractivity contribution in [3.63, 3.8) is 0 Å². The van der Waals surface area contributed by atoms with Gasteiger partial charge in [0.1, 0.15) is 52.5 Å². The van der Waals surface area contributed by atoms with E-state index in [0.717, 1.165) is 13.1 Å². The third-order valence-electron chi connectivity index (χ3n) is 5.95. The Bertz CT molecular complexity index is 420. The number of nitrogens with zero attached hydrogens (tertiary/aromatic N) is 2. The van der Waals surface area contributed by atoms with E-state index in [9.17, 15) is 25.0 Å². The van der Waals surface area contributed by atoms with Crippen molar-refractivity contribution in [3.05, 3.63) is 0 Å². The maximum absolute atomic E-state index is 13.2. The molecule has 4 N–H and O–H groups in total. The van der Waals surface area contributed by atoms with Crippen molar-refractivity contribution in [2.24, 2.45) is 0 Å². The van der Waals surface area contributed by atoms with E-state index < -0.39 is 7.60 Å². The average molecular weight is 445 g/mol. The average Bonchev–Trinajstić information content (AvgIpc) is 2.68. The zero-order valence-corrected chi connectivity index (χ0v) is 19.7. The number of aliphatic hydroxyl groups excluding tert-OH is 4. The molecule has 0 aromatic rings. The highest BCUT2D eigenvalue weighted by molar-refractivity contribution is 7.54. The molecule has 0 unspecified atom stereocenters. The second-order valence-electron chi connectivity index (χ2n) is 7.85. The largest absolute Gasteiger partial charge is 0.391 e. The van der Waals surface area contributed by atoms with E-state index in [2.05, 4.69) is 0 Å². The van der Waals surface area contributed by atoms with Gasteiger partial charge in [-0.2, -0.15) is 0 Å². The first-order valence-electron chi connectivity index (χ1n) is 10.7. The van der Waals surface area contributed by atoms with Crippen LogP contribution in [0.2, 0.25) is 0 Å². The highest BCUT2D eigenvalue weighted by atomic mass is 31.2. The third-order valence-corrected chi connectivity index (χ3v) is 8.30. The van der Waals surface area contributed by atoms with Crippen LogP contribution in [0.1, 0.15) is 27.7 Å². The summed E-state index contributed by atoms with van der Waals surface area (Å²) >= 11 is 0. The minimum absolute atomic E-state index is 0.0128. The highest BCUT2D eigenvalue weighted by Crippen LogP contribution is 2.52. The quantitative estimate of drug-likeness (QED) is 0.167. The molecule has 0 radical (unpaired) electrons. The molecule has 0 saturated heterocycles. The lowest BCUT2D eigenvalue weighted by Gasteiger charge is -2.38. The van der Waals surface area contributed by atoms with E-state index in [1.807, 2.05) is 13.8 Å². The van der Waals surface area contributed by atoms with E-state index in [1.165, 1.54) is 0 Å². The Kier molecular flexibility index (Phi) is 14.8. The van der Waals surface area contributed by atoms with Gasteiger partial charge in [0, 0.05) is 0 Å². The van der Waals surface area contributed by atoms with Crippen LogP contribution in [0.5, 0.6) is 0 Å². The normalized spacial score (nSPS) is 13.4. The minimum atomic E-state index is -3.33. The molecule has 10 heteroatoms. The minimum Gasteiger partial charge on any atom is -0.391 e. The monoisotopic (exact) mass is 444 g/mol. The Hall–Kier alpha value is -0.0900. The molecule has 176 valence electrons. The van der Waals surface area contributed by atoms with Gasteiger partial charge < -0.3 is 38.4 Å². The van der Waals surface area contributed by atoms with Crippen molar-refractivity contribution in [2.45, 2.75) is 33.4 Å². The lowest BCUT2D eigenvalue weighted by Crippen LogP contribution is -2.53. The predicted molar refractivity (Wildman–Crippen MR) is 114 cm³/mol. The van der Waals surface area contributed by atoms with E-state index >= 15 is 0 Å². The molecular weight excluding hydrogens is 399 g/mol. The van der Waals surface area contributed by atoms with Crippen molar-refractivity contribution in [2.75, 3.05) is 92.0 Å². The Morgan fingerprint density at radius 2 is 1.00 bits per heavy atom. The molecule has 0 atom stereocenters. The van der Waals surface area contributed by atoms with Crippen LogP contribution in [0.4, 0.5) is 0 Å². The van der Waals surface area contributed by atoms with Crippen LogP contribution in [-0.4, -0.2) is 127 Å². The van der Waals surface area contributed by atoms with Crippen LogP contribution in [0.3, 0.4) is 0 Å². The molecule has 29 heavy (non-hydrogen) atoms. The zero-order chi connectivity index (χ0) is 22.4. The van der Waals surface area contributed by atoms with E-state index in [0.29, 0.717) is 48.2 Å². The highest BCUT2D eigenvalue weighted by Gasteiger charge is 2.33. The molecule has 0 aromatic carbocycles. The number of hydrogen-bond acceptors (Lipinski definition) is 7. The summed E-state index contributed by atoms with van der Waals surface area (Å²) in [4.78, 5) is 0. The van der Waals surface area contributed by atoms with Gasteiger partial charge in [0.15, 0.2) is 0 Å². The molecule has 0 rings (SSSR count). The number of aliphatic hydroxyl groups is 4. The summed E-state index contributed by atoms with van der Waals surface area (Å²) in [7, 11) is -3.33. The second-order valence-corrected chi connectivity index (χ2v) is 10.5. The molecule has 0 heterocycles. The van der Waals surface area contributed by atoms with Crippen LogP contribution >= 0.6 is 7.60 Å². The summed E-state index contributed by atoms with van der Waals surface area (Å²) in [5, 5.41) is 37.4. The molecular formula is C19H45N2O7P+2. The van der Waals surface area contributed by atoms with Gasteiger partial charge in [-0.1, -0.05) is 13.8 Å². The fourth-order valence-electron chi connectivity index (χ4n) is 3.53. The van der Waals surface area contributed by atoms with Gasteiger partial charge in [0.05, 0.1) is 45.2 Å². The molecule has 0 aliphatic rings. The molecule has 9 nitrogen and oxygen atoms in total. The fraction of sp³-hybridized carbons (Fsp3) is 1.00. The first-order valence-corrected chi connectivity index (χ1v) is 12.4. The topological polar surface area (TPSA) is 116 Å². The van der Waals surface area contributed by atoms with E-state index in [4.69, 9.17) is 9.05 Å². The van der Waals surface area contributed by atoms with E-state index in [-0.39, 0.29) is 45.3 Å². The second kappa shape index (κ2) is 14.8. The van der Waals surface area contributed by atoms with Gasteiger partial charge in [-0.25, -0.2) is 0 Å². The summed E-state index contributed by atoms with van der Waals surface area (Å²) < 4.78 is 25.7. The Morgan fingerprint density at radius 1 is 0.690 bits per heavy atom. The van der Waals surface area contributed by atoms with E-state index in [1.54, 1.807) is 13.8 Å². The molecule has 0 amide bonds. The lowest BCUT2D eigenvalue weighted by atomic mass is 10.3. The molecule has 0 fully saturated rings. The van der Waals surface area contributed by atoms with Crippen molar-refractivity contribution in [1.29, 1.82) is 0 Å². The van der Waals surface area contributed by atoms with Crippen LogP contribution in [0, 0.1) is 0 Å². The molecule has 0 bridgehead atoms. The number of quaternary nitrogens is 2. The van der Waals surface area contributed by atoms with Gasteiger partial charge in [0.25, 0.3) is 0 Å². The lowest BCUT2D eigenvalue weighted by molar-refractivity contribution is -0.927. The van der Waals surface area contributed by atoms with Gasteiger partial charge >= 0.3 is 7.60 Å². The summed E-state index contributed by atoms with van der Waals surface area (Å²) in [6.07, 6.45) is 0. The first kappa shape index (κ1) is 28.9. The number of rotatable bonds is 19. The van der Waals surface area contributed by atoms with Crippen LogP contribution < -0.4 is 0 Å². The van der Waals surface area contributed by atoms with Gasteiger partial charge in [0.2, 0.25) is 0 Å². The maximum Gasteiger partial charge on any atom is 0.333 e. The summed E-state index contributed by atoms with van der Waals surface area (Å²) in [5.41, 5.74) is -0.305. The fourth-order valence-corrected chi connectivity index (χ4v) is 4.87. The molecule has 0 aliphatic carbocycles. The van der Waals surface area contributed by atoms with Crippen molar-refractivity contribution in [3.8, 4) is 0 Å². The molecule has 0 aliphatic heterocycles. The zero-order valence-electron chi connectivity index (χ0n) is 18.8. The Morgan fingerprint density at radius 3 is 1.21 bits per heavy atom. The van der Waals surface area contributed by atoms with Crippen molar-refractivity contribution in [1.82, 2.24) is 0 Å². The van der Waals surface area contributed by atoms with Gasteiger partial charge in [-0.3, -0.25) is 4.57 Å². The Balaban J connectivity index is 4.94. The van der Waals surface area contributed by atoms with Gasteiger partial charge in [-0.05, 0) is 13.8 Å². The van der Waals surface area contributed by atoms with Crippen LogP contribution in [0.15, 0.2) is 0 Å². The van der Waals surface area contributed by atoms with Gasteiger partial charge in [-0.15, -0.1) is 0 Å². The molecule has 0 saturated carbocycles. The number of likely N-dealkylation sites (N-methyl/N-ethyl adjacent to an activating group) is 2. The third kappa shape index (κ3) is 9.72. The Labute approximate surface area is 176 Å². The first-order chi connectivity index (χ1) is 13.7. The molecule has 0 spiro atoms. The molecule has 0 aromatic heterocycles. The van der Waals surface area contributed by atoms with Crippen molar-refractivity contribution >= 4 is 7.60 Å². The van der Waals surface area contributed by atoms with Crippen LogP contribution in [0.25, 0.3) is 0 Å². The standard InChI is InChI=1S/C19H45N2O7P/c1-5-20(7-13-22,8-14-23)11-17-27-29(26,19(3)4)28-18-12-21(6-2,9-15-24)10-16-25/h19,22-25H,5-18H2,1-4H3/q+2. The number of hydrogen-bond donors (Lipinski definition) is 4.